The zero-order valence-corrected chi connectivity index (χ0v) is 15.7. The highest BCUT2D eigenvalue weighted by molar-refractivity contribution is 7.89. The van der Waals surface area contributed by atoms with Gasteiger partial charge in [0.2, 0.25) is 10.0 Å². The Morgan fingerprint density at radius 3 is 2.50 bits per heavy atom. The van der Waals surface area contributed by atoms with Crippen LogP contribution in [-0.2, 0) is 21.4 Å². The number of benzene rings is 2. The summed E-state index contributed by atoms with van der Waals surface area (Å²) in [7, 11) is -3.54. The lowest BCUT2D eigenvalue weighted by molar-refractivity contribution is 0.0437. The van der Waals surface area contributed by atoms with Gasteiger partial charge in [0.05, 0.1) is 10.5 Å². The van der Waals surface area contributed by atoms with Crippen molar-refractivity contribution in [1.82, 2.24) is 9.88 Å². The van der Waals surface area contributed by atoms with Crippen LogP contribution in [0.15, 0.2) is 70.1 Å². The Balaban J connectivity index is 1.37. The highest BCUT2D eigenvalue weighted by Gasteiger charge is 2.28. The van der Waals surface area contributed by atoms with Crippen LogP contribution in [0.3, 0.4) is 0 Å². The van der Waals surface area contributed by atoms with Crippen LogP contribution in [0.25, 0.3) is 11.3 Å². The number of carbonyl (C=O) groups excluding carboxylic acids is 1. The zero-order valence-electron chi connectivity index (χ0n) is 14.9. The summed E-state index contributed by atoms with van der Waals surface area (Å²) in [4.78, 5) is 12.3. The lowest BCUT2D eigenvalue weighted by Crippen LogP contribution is -2.25. The first-order chi connectivity index (χ1) is 13.5. The molecule has 1 aliphatic carbocycles. The van der Waals surface area contributed by atoms with Gasteiger partial charge in [0.25, 0.3) is 0 Å². The number of nitrogens with zero attached hydrogens (tertiary/aromatic N) is 1. The van der Waals surface area contributed by atoms with E-state index in [1.165, 1.54) is 24.3 Å². The van der Waals surface area contributed by atoms with Gasteiger partial charge in [0, 0.05) is 17.7 Å². The molecule has 2 aromatic carbocycles. The molecule has 1 fully saturated rings. The third-order valence-electron chi connectivity index (χ3n) is 4.27. The highest BCUT2D eigenvalue weighted by Crippen LogP contribution is 2.23. The molecule has 1 aliphatic rings. The van der Waals surface area contributed by atoms with Crippen LogP contribution in [0.5, 0.6) is 0 Å². The summed E-state index contributed by atoms with van der Waals surface area (Å²) in [6.45, 7) is -0.0675. The summed E-state index contributed by atoms with van der Waals surface area (Å²) in [5, 5.41) is 3.96. The molecule has 28 heavy (non-hydrogen) atoms. The third-order valence-corrected chi connectivity index (χ3v) is 5.81. The first kappa shape index (κ1) is 18.4. The standard InChI is InChI=1S/C20H18N2O5S/c23-20(15-6-10-18(11-7-15)28(24,25)22-16-8-9-16)26-13-17-12-19(21-27-17)14-4-2-1-3-5-14/h1-7,10-12,16,22H,8-9,13H2. The maximum absolute atomic E-state index is 12.2. The van der Waals surface area contributed by atoms with Gasteiger partial charge in [0.15, 0.2) is 12.4 Å². The smallest absolute Gasteiger partial charge is 0.338 e. The molecule has 1 heterocycles. The van der Waals surface area contributed by atoms with Crippen molar-refractivity contribution in [2.75, 3.05) is 0 Å². The molecular weight excluding hydrogens is 380 g/mol. The molecule has 4 rings (SSSR count). The lowest BCUT2D eigenvalue weighted by atomic mass is 10.1. The highest BCUT2D eigenvalue weighted by atomic mass is 32.2. The van der Waals surface area contributed by atoms with Crippen molar-refractivity contribution >= 4 is 16.0 Å². The second kappa shape index (κ2) is 7.57. The van der Waals surface area contributed by atoms with E-state index in [-0.39, 0.29) is 23.1 Å². The van der Waals surface area contributed by atoms with E-state index in [1.54, 1.807) is 6.07 Å². The summed E-state index contributed by atoms with van der Waals surface area (Å²) in [6, 6.07) is 16.9. The van der Waals surface area contributed by atoms with Gasteiger partial charge in [-0.1, -0.05) is 35.5 Å². The van der Waals surface area contributed by atoms with E-state index >= 15 is 0 Å². The van der Waals surface area contributed by atoms with E-state index in [1.807, 2.05) is 30.3 Å². The fourth-order valence-electron chi connectivity index (χ4n) is 2.60. The van der Waals surface area contributed by atoms with Crippen molar-refractivity contribution in [2.24, 2.45) is 0 Å². The molecule has 0 spiro atoms. The predicted molar refractivity (Wildman–Crippen MR) is 101 cm³/mol. The predicted octanol–water partition coefficient (Wildman–Crippen LogP) is 3.14. The molecule has 0 saturated heterocycles. The fraction of sp³-hybridized carbons (Fsp3) is 0.200. The SMILES string of the molecule is O=C(OCc1cc(-c2ccccc2)no1)c1ccc(S(=O)(=O)NC2CC2)cc1. The summed E-state index contributed by atoms with van der Waals surface area (Å²) in [5.41, 5.74) is 1.82. The summed E-state index contributed by atoms with van der Waals surface area (Å²) in [5.74, 6) is -0.156. The van der Waals surface area contributed by atoms with Gasteiger partial charge in [-0.05, 0) is 37.1 Å². The van der Waals surface area contributed by atoms with Crippen LogP contribution in [0.4, 0.5) is 0 Å². The number of carbonyl (C=O) groups is 1. The molecule has 0 amide bonds. The largest absolute Gasteiger partial charge is 0.454 e. The number of esters is 1. The number of rotatable bonds is 7. The molecule has 8 heteroatoms. The van der Waals surface area contributed by atoms with Crippen LogP contribution < -0.4 is 4.72 Å². The average Bonchev–Trinajstić information content (AvgIpc) is 3.39. The Kier molecular flexibility index (Phi) is 4.97. The van der Waals surface area contributed by atoms with Crippen molar-refractivity contribution in [1.29, 1.82) is 0 Å². The number of aromatic nitrogens is 1. The van der Waals surface area contributed by atoms with E-state index in [0.29, 0.717) is 11.5 Å². The molecule has 0 aliphatic heterocycles. The normalized spacial score (nSPS) is 14.0. The molecule has 0 bridgehead atoms. The van der Waals surface area contributed by atoms with Gasteiger partial charge in [-0.15, -0.1) is 0 Å². The molecule has 144 valence electrons. The Hall–Kier alpha value is -2.97. The van der Waals surface area contributed by atoms with Gasteiger partial charge in [-0.3, -0.25) is 0 Å². The first-order valence-electron chi connectivity index (χ1n) is 8.82. The number of sulfonamides is 1. The minimum Gasteiger partial charge on any atom is -0.454 e. The molecule has 3 aromatic rings. The lowest BCUT2D eigenvalue weighted by Gasteiger charge is -2.06. The van der Waals surface area contributed by atoms with E-state index in [2.05, 4.69) is 9.88 Å². The molecule has 7 nitrogen and oxygen atoms in total. The topological polar surface area (TPSA) is 98.5 Å². The second-order valence-corrected chi connectivity index (χ2v) is 8.25. The summed E-state index contributed by atoms with van der Waals surface area (Å²) >= 11 is 0. The number of hydrogen-bond acceptors (Lipinski definition) is 6. The summed E-state index contributed by atoms with van der Waals surface area (Å²) in [6.07, 6.45) is 1.72. The van der Waals surface area contributed by atoms with Crippen LogP contribution in [-0.4, -0.2) is 25.6 Å². The molecule has 0 atom stereocenters. The number of ether oxygens (including phenoxy) is 1. The Labute approximate surface area is 162 Å². The Morgan fingerprint density at radius 2 is 1.82 bits per heavy atom. The Morgan fingerprint density at radius 1 is 1.11 bits per heavy atom. The van der Waals surface area contributed by atoms with Gasteiger partial charge < -0.3 is 9.26 Å². The molecular formula is C20H18N2O5S. The maximum Gasteiger partial charge on any atom is 0.338 e. The van der Waals surface area contributed by atoms with Gasteiger partial charge in [-0.2, -0.15) is 0 Å². The van der Waals surface area contributed by atoms with Gasteiger partial charge >= 0.3 is 5.97 Å². The minimum absolute atomic E-state index is 0.0253. The van der Waals surface area contributed by atoms with Crippen LogP contribution in [0, 0.1) is 0 Å². The van der Waals surface area contributed by atoms with E-state index in [4.69, 9.17) is 9.26 Å². The summed E-state index contributed by atoms with van der Waals surface area (Å²) < 4.78 is 37.3. The number of nitrogens with one attached hydrogen (secondary N) is 1. The number of hydrogen-bond donors (Lipinski definition) is 1. The van der Waals surface area contributed by atoms with E-state index in [9.17, 15) is 13.2 Å². The van der Waals surface area contributed by atoms with E-state index < -0.39 is 16.0 Å². The van der Waals surface area contributed by atoms with Crippen molar-refractivity contribution in [2.45, 2.75) is 30.4 Å². The van der Waals surface area contributed by atoms with Gasteiger partial charge in [-0.25, -0.2) is 17.9 Å². The van der Waals surface area contributed by atoms with Crippen LogP contribution in [0.1, 0.15) is 29.0 Å². The monoisotopic (exact) mass is 398 g/mol. The minimum atomic E-state index is -3.54. The molecule has 0 radical (unpaired) electrons. The quantitative estimate of drug-likeness (QED) is 0.614. The second-order valence-electron chi connectivity index (χ2n) is 6.54. The van der Waals surface area contributed by atoms with Crippen molar-refractivity contribution in [3.8, 4) is 11.3 Å². The van der Waals surface area contributed by atoms with Crippen LogP contribution in [0.2, 0.25) is 0 Å². The maximum atomic E-state index is 12.2. The van der Waals surface area contributed by atoms with Crippen LogP contribution >= 0.6 is 0 Å². The Bertz CT molecular complexity index is 1070. The zero-order chi connectivity index (χ0) is 19.6. The molecule has 1 saturated carbocycles. The van der Waals surface area contributed by atoms with Crippen molar-refractivity contribution < 1.29 is 22.5 Å². The molecule has 1 N–H and O–H groups in total. The van der Waals surface area contributed by atoms with Gasteiger partial charge in [0.1, 0.15) is 5.69 Å². The van der Waals surface area contributed by atoms with Crippen molar-refractivity contribution in [3.05, 3.63) is 72.0 Å². The molecule has 1 aromatic heterocycles. The van der Waals surface area contributed by atoms with Crippen molar-refractivity contribution in [3.63, 3.8) is 0 Å². The third kappa shape index (κ3) is 4.29. The fourth-order valence-corrected chi connectivity index (χ4v) is 3.91. The average molecular weight is 398 g/mol. The first-order valence-corrected chi connectivity index (χ1v) is 10.3. The molecule has 0 unspecified atom stereocenters. The van der Waals surface area contributed by atoms with E-state index in [0.717, 1.165) is 18.4 Å².